The molecule has 3 atom stereocenters. The summed E-state index contributed by atoms with van der Waals surface area (Å²) in [6.07, 6.45) is 5.75. The minimum atomic E-state index is 0.426. The second kappa shape index (κ2) is 4.55. The lowest BCUT2D eigenvalue weighted by Gasteiger charge is -2.39. The SMILES string of the molecule is CN(C)CCCO[C@@H]1C[C@@H]2CC[C@]1(C)C2(C)C. The van der Waals surface area contributed by atoms with E-state index in [1.54, 1.807) is 0 Å². The van der Waals surface area contributed by atoms with E-state index in [2.05, 4.69) is 39.8 Å². The van der Waals surface area contributed by atoms with Crippen LogP contribution in [0.1, 0.15) is 46.5 Å². The molecule has 2 rings (SSSR count). The zero-order chi connectivity index (χ0) is 12.7. The van der Waals surface area contributed by atoms with Gasteiger partial charge in [0.15, 0.2) is 0 Å². The number of hydrogen-bond donors (Lipinski definition) is 0. The van der Waals surface area contributed by atoms with Crippen molar-refractivity contribution in [2.45, 2.75) is 52.6 Å². The predicted octanol–water partition coefficient (Wildman–Crippen LogP) is 3.17. The van der Waals surface area contributed by atoms with Gasteiger partial charge in [0.05, 0.1) is 6.10 Å². The first-order valence-electron chi connectivity index (χ1n) is 7.14. The molecule has 0 spiro atoms. The average Bonchev–Trinajstić information content (AvgIpc) is 2.56. The fourth-order valence-electron chi connectivity index (χ4n) is 3.99. The molecule has 0 N–H and O–H groups in total. The lowest BCUT2D eigenvalue weighted by atomic mass is 9.70. The molecule has 0 aromatic rings. The lowest BCUT2D eigenvalue weighted by Crippen LogP contribution is -2.37. The van der Waals surface area contributed by atoms with Gasteiger partial charge in [0.25, 0.3) is 0 Å². The Bertz CT molecular complexity index is 274. The topological polar surface area (TPSA) is 12.5 Å². The zero-order valence-corrected chi connectivity index (χ0v) is 12.3. The van der Waals surface area contributed by atoms with Gasteiger partial charge < -0.3 is 9.64 Å². The van der Waals surface area contributed by atoms with Crippen LogP contribution in [0, 0.1) is 16.7 Å². The van der Waals surface area contributed by atoms with Crippen molar-refractivity contribution in [3.8, 4) is 0 Å². The van der Waals surface area contributed by atoms with Crippen LogP contribution in [0.5, 0.6) is 0 Å². The highest BCUT2D eigenvalue weighted by Crippen LogP contribution is 2.66. The number of ether oxygens (including phenoxy) is 1. The Hall–Kier alpha value is -0.0800. The average molecular weight is 239 g/mol. The Labute approximate surface area is 107 Å². The fraction of sp³-hybridized carbons (Fsp3) is 1.00. The standard InChI is InChI=1S/C15H29NO/c1-14(2)12-7-8-15(14,3)13(11-12)17-10-6-9-16(4)5/h12-13H,6-11H2,1-5H3/t12-,13+,15-/m0/s1. The molecule has 0 aliphatic heterocycles. The van der Waals surface area contributed by atoms with E-state index in [1.807, 2.05) is 0 Å². The molecule has 17 heavy (non-hydrogen) atoms. The van der Waals surface area contributed by atoms with E-state index in [0.29, 0.717) is 16.9 Å². The highest BCUT2D eigenvalue weighted by Gasteiger charge is 2.61. The van der Waals surface area contributed by atoms with Crippen molar-refractivity contribution in [1.82, 2.24) is 4.90 Å². The summed E-state index contributed by atoms with van der Waals surface area (Å²) < 4.78 is 6.20. The second-order valence-electron chi connectivity index (χ2n) is 7.13. The van der Waals surface area contributed by atoms with Gasteiger partial charge in [0, 0.05) is 6.61 Å². The maximum atomic E-state index is 6.20. The van der Waals surface area contributed by atoms with Gasteiger partial charge in [-0.15, -0.1) is 0 Å². The van der Waals surface area contributed by atoms with E-state index in [-0.39, 0.29) is 0 Å². The minimum Gasteiger partial charge on any atom is -0.378 e. The molecule has 0 aromatic carbocycles. The number of nitrogens with zero attached hydrogens (tertiary/aromatic N) is 1. The van der Waals surface area contributed by atoms with Gasteiger partial charge in [-0.05, 0) is 63.1 Å². The largest absolute Gasteiger partial charge is 0.378 e. The molecule has 2 saturated carbocycles. The summed E-state index contributed by atoms with van der Waals surface area (Å²) in [7, 11) is 4.25. The molecule has 2 nitrogen and oxygen atoms in total. The number of hydrogen-bond acceptors (Lipinski definition) is 2. The van der Waals surface area contributed by atoms with Crippen LogP contribution in [0.25, 0.3) is 0 Å². The molecule has 0 unspecified atom stereocenters. The van der Waals surface area contributed by atoms with Crippen molar-refractivity contribution in [2.24, 2.45) is 16.7 Å². The Morgan fingerprint density at radius 3 is 2.41 bits per heavy atom. The van der Waals surface area contributed by atoms with Crippen molar-refractivity contribution in [3.63, 3.8) is 0 Å². The van der Waals surface area contributed by atoms with Crippen LogP contribution in [0.15, 0.2) is 0 Å². The van der Waals surface area contributed by atoms with E-state index >= 15 is 0 Å². The van der Waals surface area contributed by atoms with Gasteiger partial charge in [-0.2, -0.15) is 0 Å². The van der Waals surface area contributed by atoms with Crippen molar-refractivity contribution in [2.75, 3.05) is 27.2 Å². The third kappa shape index (κ3) is 2.15. The molecule has 2 fully saturated rings. The summed E-state index contributed by atoms with van der Waals surface area (Å²) in [6, 6.07) is 0. The number of fused-ring (bicyclic) bond motifs is 2. The molecule has 2 aliphatic carbocycles. The van der Waals surface area contributed by atoms with Gasteiger partial charge in [-0.1, -0.05) is 20.8 Å². The first kappa shape index (κ1) is 13.4. The quantitative estimate of drug-likeness (QED) is 0.683. The molecule has 0 saturated heterocycles. The monoisotopic (exact) mass is 239 g/mol. The van der Waals surface area contributed by atoms with Gasteiger partial charge in [0.2, 0.25) is 0 Å². The van der Waals surface area contributed by atoms with E-state index in [4.69, 9.17) is 4.74 Å². The Morgan fingerprint density at radius 2 is 1.94 bits per heavy atom. The fourth-order valence-corrected chi connectivity index (χ4v) is 3.99. The third-order valence-electron chi connectivity index (χ3n) is 5.78. The highest BCUT2D eigenvalue weighted by atomic mass is 16.5. The maximum Gasteiger partial charge on any atom is 0.0636 e. The van der Waals surface area contributed by atoms with Gasteiger partial charge in [0.1, 0.15) is 0 Å². The summed E-state index contributed by atoms with van der Waals surface area (Å²) in [6.45, 7) is 9.43. The normalized spacial score (nSPS) is 39.2. The van der Waals surface area contributed by atoms with Crippen LogP contribution in [-0.4, -0.2) is 38.3 Å². The van der Waals surface area contributed by atoms with Crippen LogP contribution in [0.2, 0.25) is 0 Å². The van der Waals surface area contributed by atoms with E-state index in [9.17, 15) is 0 Å². The van der Waals surface area contributed by atoms with Crippen molar-refractivity contribution >= 4 is 0 Å². The van der Waals surface area contributed by atoms with Crippen LogP contribution in [-0.2, 0) is 4.74 Å². The van der Waals surface area contributed by atoms with Gasteiger partial charge in [-0.3, -0.25) is 0 Å². The summed E-state index contributed by atoms with van der Waals surface area (Å²) in [5.74, 6) is 0.895. The smallest absolute Gasteiger partial charge is 0.0636 e. The number of rotatable bonds is 5. The molecular formula is C15H29NO. The zero-order valence-electron chi connectivity index (χ0n) is 12.3. The van der Waals surface area contributed by atoms with Crippen LogP contribution >= 0.6 is 0 Å². The van der Waals surface area contributed by atoms with Crippen LogP contribution < -0.4 is 0 Å². The molecule has 2 heteroatoms. The minimum absolute atomic E-state index is 0.426. The molecule has 100 valence electrons. The van der Waals surface area contributed by atoms with Crippen molar-refractivity contribution in [1.29, 1.82) is 0 Å². The van der Waals surface area contributed by atoms with Crippen molar-refractivity contribution < 1.29 is 4.74 Å². The van der Waals surface area contributed by atoms with E-state index in [1.165, 1.54) is 19.3 Å². The summed E-state index contributed by atoms with van der Waals surface area (Å²) in [5.41, 5.74) is 0.912. The van der Waals surface area contributed by atoms with Crippen molar-refractivity contribution in [3.05, 3.63) is 0 Å². The molecule has 0 radical (unpaired) electrons. The summed E-state index contributed by atoms with van der Waals surface area (Å²) in [5, 5.41) is 0. The first-order chi connectivity index (χ1) is 7.88. The third-order valence-corrected chi connectivity index (χ3v) is 5.78. The molecule has 2 bridgehead atoms. The van der Waals surface area contributed by atoms with Crippen LogP contribution in [0.3, 0.4) is 0 Å². The Kier molecular flexibility index (Phi) is 3.57. The second-order valence-corrected chi connectivity index (χ2v) is 7.13. The van der Waals surface area contributed by atoms with Gasteiger partial charge >= 0.3 is 0 Å². The van der Waals surface area contributed by atoms with E-state index < -0.39 is 0 Å². The van der Waals surface area contributed by atoms with E-state index in [0.717, 1.165) is 25.5 Å². The lowest BCUT2D eigenvalue weighted by molar-refractivity contribution is -0.0480. The molecule has 0 heterocycles. The molecule has 0 amide bonds. The Balaban J connectivity index is 1.84. The Morgan fingerprint density at radius 1 is 1.24 bits per heavy atom. The summed E-state index contributed by atoms with van der Waals surface area (Å²) >= 11 is 0. The first-order valence-corrected chi connectivity index (χ1v) is 7.14. The van der Waals surface area contributed by atoms with Crippen LogP contribution in [0.4, 0.5) is 0 Å². The maximum absolute atomic E-state index is 6.20. The predicted molar refractivity (Wildman–Crippen MR) is 72.1 cm³/mol. The van der Waals surface area contributed by atoms with Gasteiger partial charge in [-0.25, -0.2) is 0 Å². The molecule has 0 aromatic heterocycles. The summed E-state index contributed by atoms with van der Waals surface area (Å²) in [4.78, 5) is 2.23. The highest BCUT2D eigenvalue weighted by molar-refractivity contribution is 5.11. The molecular weight excluding hydrogens is 210 g/mol. The molecule has 2 aliphatic rings.